The van der Waals surface area contributed by atoms with Gasteiger partial charge in [0, 0.05) is 13.6 Å². The van der Waals surface area contributed by atoms with E-state index < -0.39 is 0 Å². The van der Waals surface area contributed by atoms with E-state index in [2.05, 4.69) is 26.0 Å². The topological polar surface area (TPSA) is 40.6 Å². The molecular weight excluding hydrogens is 312 g/mol. The van der Waals surface area contributed by atoms with Crippen LogP contribution in [-0.4, -0.2) is 36.3 Å². The van der Waals surface area contributed by atoms with Gasteiger partial charge in [0.1, 0.15) is 6.04 Å². The monoisotopic (exact) mass is 334 g/mol. The summed E-state index contributed by atoms with van der Waals surface area (Å²) in [5.74, 6) is -0.00675. The molecule has 1 atom stereocenters. The fourth-order valence-corrected chi connectivity index (χ4v) is 4.19. The van der Waals surface area contributed by atoms with Crippen LogP contribution in [0.4, 0.5) is 5.69 Å². The van der Waals surface area contributed by atoms with Crippen LogP contribution in [0, 0.1) is 13.8 Å². The molecule has 0 saturated carbocycles. The minimum atomic E-state index is -0.312. The molecule has 25 heavy (non-hydrogen) atoms. The molecule has 1 fully saturated rings. The fraction of sp³-hybridized carbons (Fsp3) is 0.333. The molecule has 2 aliphatic heterocycles. The summed E-state index contributed by atoms with van der Waals surface area (Å²) in [6.07, 6.45) is 1.65. The van der Waals surface area contributed by atoms with Crippen molar-refractivity contribution in [2.75, 3.05) is 18.5 Å². The van der Waals surface area contributed by atoms with Crippen molar-refractivity contribution in [3.8, 4) is 11.1 Å². The second-order valence-corrected chi connectivity index (χ2v) is 7.05. The molecule has 0 N–H and O–H groups in total. The van der Waals surface area contributed by atoms with Crippen molar-refractivity contribution in [3.05, 3.63) is 53.1 Å². The molecule has 0 spiro atoms. The van der Waals surface area contributed by atoms with E-state index in [4.69, 9.17) is 0 Å². The number of carbonyl (C=O) groups is 2. The first kappa shape index (κ1) is 15.9. The van der Waals surface area contributed by atoms with Crippen LogP contribution in [0.3, 0.4) is 0 Å². The highest BCUT2D eigenvalue weighted by molar-refractivity contribution is 6.11. The standard InChI is InChI=1S/C21H22N2O2/c1-13-6-4-7-14(2)19(13)15-9-10-17-16(12-15)20(24)23-11-5-8-18(23)21(25)22(17)3/h4,6-7,9-10,12,18H,5,8,11H2,1-3H3/t18-/m0/s1. The van der Waals surface area contributed by atoms with Gasteiger partial charge < -0.3 is 9.80 Å². The second-order valence-electron chi connectivity index (χ2n) is 7.05. The molecule has 0 bridgehead atoms. The molecule has 2 aromatic rings. The highest BCUT2D eigenvalue weighted by atomic mass is 16.2. The van der Waals surface area contributed by atoms with Gasteiger partial charge in [-0.05, 0) is 61.1 Å². The maximum Gasteiger partial charge on any atom is 0.256 e. The quantitative estimate of drug-likeness (QED) is 0.800. The average Bonchev–Trinajstić information content (AvgIpc) is 3.07. The zero-order valence-corrected chi connectivity index (χ0v) is 14.9. The van der Waals surface area contributed by atoms with Crippen LogP contribution in [0.25, 0.3) is 11.1 Å². The number of amides is 2. The van der Waals surface area contributed by atoms with Crippen LogP contribution in [0.2, 0.25) is 0 Å². The van der Waals surface area contributed by atoms with Gasteiger partial charge in [0.05, 0.1) is 11.3 Å². The second kappa shape index (κ2) is 5.73. The molecule has 128 valence electrons. The summed E-state index contributed by atoms with van der Waals surface area (Å²) in [5.41, 5.74) is 5.89. The molecule has 0 radical (unpaired) electrons. The molecule has 2 heterocycles. The van der Waals surface area contributed by atoms with Gasteiger partial charge in [-0.3, -0.25) is 9.59 Å². The Morgan fingerprint density at radius 1 is 1.04 bits per heavy atom. The third-order valence-electron chi connectivity index (χ3n) is 5.49. The largest absolute Gasteiger partial charge is 0.327 e. The Morgan fingerprint density at radius 2 is 1.76 bits per heavy atom. The summed E-state index contributed by atoms with van der Waals surface area (Å²) in [6.45, 7) is 4.83. The SMILES string of the molecule is Cc1cccc(C)c1-c1ccc2c(c1)C(=O)N1CCC[C@H]1C(=O)N2C. The Labute approximate surface area is 148 Å². The number of carbonyl (C=O) groups excluding carboxylic acids is 2. The van der Waals surface area contributed by atoms with Crippen molar-refractivity contribution in [2.24, 2.45) is 0 Å². The van der Waals surface area contributed by atoms with E-state index in [9.17, 15) is 9.59 Å². The third kappa shape index (κ3) is 2.36. The number of hydrogen-bond acceptors (Lipinski definition) is 2. The van der Waals surface area contributed by atoms with E-state index in [-0.39, 0.29) is 17.9 Å². The van der Waals surface area contributed by atoms with E-state index in [1.165, 1.54) is 11.1 Å². The number of rotatable bonds is 1. The van der Waals surface area contributed by atoms with E-state index in [0.717, 1.165) is 24.0 Å². The molecule has 2 aromatic carbocycles. The van der Waals surface area contributed by atoms with Crippen LogP contribution in [0.5, 0.6) is 0 Å². The van der Waals surface area contributed by atoms with E-state index in [0.29, 0.717) is 17.8 Å². The molecule has 2 aliphatic rings. The van der Waals surface area contributed by atoms with Crippen LogP contribution in [-0.2, 0) is 4.79 Å². The summed E-state index contributed by atoms with van der Waals surface area (Å²) in [5, 5.41) is 0. The molecule has 4 nitrogen and oxygen atoms in total. The fourth-order valence-electron chi connectivity index (χ4n) is 4.19. The summed E-state index contributed by atoms with van der Waals surface area (Å²) >= 11 is 0. The molecule has 4 heteroatoms. The van der Waals surface area contributed by atoms with Gasteiger partial charge in [0.15, 0.2) is 0 Å². The minimum absolute atomic E-state index is 0.0180. The van der Waals surface area contributed by atoms with Gasteiger partial charge in [0.25, 0.3) is 5.91 Å². The molecule has 2 amide bonds. The Morgan fingerprint density at radius 3 is 2.48 bits per heavy atom. The lowest BCUT2D eigenvalue weighted by atomic mass is 9.94. The van der Waals surface area contributed by atoms with Crippen molar-refractivity contribution in [3.63, 3.8) is 0 Å². The first-order valence-electron chi connectivity index (χ1n) is 8.78. The Bertz CT molecular complexity index is 867. The van der Waals surface area contributed by atoms with Gasteiger partial charge in [-0.1, -0.05) is 24.3 Å². The summed E-state index contributed by atoms with van der Waals surface area (Å²) in [7, 11) is 1.77. The van der Waals surface area contributed by atoms with Crippen LogP contribution in [0.1, 0.15) is 34.3 Å². The number of aryl methyl sites for hydroxylation is 2. The van der Waals surface area contributed by atoms with Crippen molar-refractivity contribution < 1.29 is 9.59 Å². The first-order chi connectivity index (χ1) is 12.0. The van der Waals surface area contributed by atoms with Crippen LogP contribution >= 0.6 is 0 Å². The van der Waals surface area contributed by atoms with Crippen molar-refractivity contribution in [1.82, 2.24) is 4.90 Å². The Hall–Kier alpha value is -2.62. The van der Waals surface area contributed by atoms with Gasteiger partial charge in [-0.2, -0.15) is 0 Å². The smallest absolute Gasteiger partial charge is 0.256 e. The van der Waals surface area contributed by atoms with E-state index in [1.54, 1.807) is 16.8 Å². The van der Waals surface area contributed by atoms with Gasteiger partial charge in [0.2, 0.25) is 5.91 Å². The van der Waals surface area contributed by atoms with Crippen LogP contribution < -0.4 is 4.90 Å². The highest BCUT2D eigenvalue weighted by Crippen LogP contribution is 2.35. The van der Waals surface area contributed by atoms with E-state index >= 15 is 0 Å². The molecule has 0 unspecified atom stereocenters. The minimum Gasteiger partial charge on any atom is -0.327 e. The molecular formula is C21H22N2O2. The molecule has 4 rings (SSSR count). The van der Waals surface area contributed by atoms with Gasteiger partial charge in [-0.15, -0.1) is 0 Å². The summed E-state index contributed by atoms with van der Waals surface area (Å²) < 4.78 is 0. The lowest BCUT2D eigenvalue weighted by molar-refractivity contribution is -0.121. The van der Waals surface area contributed by atoms with Crippen LogP contribution in [0.15, 0.2) is 36.4 Å². The van der Waals surface area contributed by atoms with Crippen molar-refractivity contribution in [2.45, 2.75) is 32.7 Å². The lowest BCUT2D eigenvalue weighted by Gasteiger charge is -2.22. The summed E-state index contributed by atoms with van der Waals surface area (Å²) in [4.78, 5) is 29.2. The Kier molecular flexibility index (Phi) is 3.64. The zero-order valence-electron chi connectivity index (χ0n) is 14.9. The molecule has 0 aliphatic carbocycles. The predicted molar refractivity (Wildman–Crippen MR) is 98.8 cm³/mol. The predicted octanol–water partition coefficient (Wildman–Crippen LogP) is 3.55. The summed E-state index contributed by atoms with van der Waals surface area (Å²) in [6, 6.07) is 11.8. The number of fused-ring (bicyclic) bond motifs is 2. The number of nitrogens with zero attached hydrogens (tertiary/aromatic N) is 2. The van der Waals surface area contributed by atoms with E-state index in [1.807, 2.05) is 24.3 Å². The number of anilines is 1. The average molecular weight is 334 g/mol. The zero-order chi connectivity index (χ0) is 17.7. The third-order valence-corrected chi connectivity index (χ3v) is 5.49. The maximum atomic E-state index is 13.1. The van der Waals surface area contributed by atoms with Crippen molar-refractivity contribution in [1.29, 1.82) is 0 Å². The normalized spacial score (nSPS) is 19.7. The van der Waals surface area contributed by atoms with Gasteiger partial charge in [-0.25, -0.2) is 0 Å². The molecule has 1 saturated heterocycles. The number of benzene rings is 2. The van der Waals surface area contributed by atoms with Crippen molar-refractivity contribution >= 4 is 17.5 Å². The van der Waals surface area contributed by atoms with Gasteiger partial charge >= 0.3 is 0 Å². The Balaban J connectivity index is 1.89. The maximum absolute atomic E-state index is 13.1. The highest BCUT2D eigenvalue weighted by Gasteiger charge is 2.40. The number of hydrogen-bond donors (Lipinski definition) is 0. The first-order valence-corrected chi connectivity index (χ1v) is 8.78. The lowest BCUT2D eigenvalue weighted by Crippen LogP contribution is -2.43. The number of likely N-dealkylation sites (N-methyl/N-ethyl adjacent to an activating group) is 1. The molecule has 0 aromatic heterocycles.